The summed E-state index contributed by atoms with van der Waals surface area (Å²) in [7, 11) is -2.13. The van der Waals surface area contributed by atoms with Crippen LogP contribution in [-0.2, 0) is 16.6 Å². The van der Waals surface area contributed by atoms with Crippen molar-refractivity contribution in [2.24, 2.45) is 5.73 Å². The number of halogens is 1. The molecule has 1 fully saturated rings. The molecular formula is C20H22FN5O3S. The van der Waals surface area contributed by atoms with Crippen molar-refractivity contribution < 1.29 is 17.5 Å². The van der Waals surface area contributed by atoms with Crippen LogP contribution in [0.25, 0.3) is 22.2 Å². The van der Waals surface area contributed by atoms with Gasteiger partial charge in [0.15, 0.2) is 0 Å². The van der Waals surface area contributed by atoms with Crippen molar-refractivity contribution in [2.45, 2.75) is 30.3 Å². The van der Waals surface area contributed by atoms with Gasteiger partial charge in [-0.25, -0.2) is 22.2 Å². The van der Waals surface area contributed by atoms with Crippen molar-refractivity contribution in [3.63, 3.8) is 0 Å². The highest BCUT2D eigenvalue weighted by Crippen LogP contribution is 2.36. The first-order valence-electron chi connectivity index (χ1n) is 9.50. The summed E-state index contributed by atoms with van der Waals surface area (Å²) in [5, 5.41) is 8.25. The van der Waals surface area contributed by atoms with Crippen molar-refractivity contribution >= 4 is 21.1 Å². The second kappa shape index (κ2) is 8.13. The Labute approximate surface area is 173 Å². The molecule has 1 aliphatic carbocycles. The number of methoxy groups -OCH3 is 1. The summed E-state index contributed by atoms with van der Waals surface area (Å²) in [6.45, 7) is 0.00505. The van der Waals surface area contributed by atoms with E-state index in [0.717, 1.165) is 12.8 Å². The van der Waals surface area contributed by atoms with E-state index in [1.807, 2.05) is 0 Å². The maximum atomic E-state index is 13.9. The third kappa shape index (κ3) is 4.07. The van der Waals surface area contributed by atoms with E-state index in [1.54, 1.807) is 30.3 Å². The van der Waals surface area contributed by atoms with Crippen molar-refractivity contribution in [2.75, 3.05) is 13.7 Å². The standard InChI is InChI=1S/C20H22FN5O3S/c1-29-19-8-7-15(30(27,28)24-14-5-6-14)11-17(19)16-3-2-4-18-20(16)23-25-26(18)12-13(21)9-10-22/h2-4,7-9,11,14,24H,5-6,10,12,22H2,1H3/b13-9-. The van der Waals surface area contributed by atoms with Crippen LogP contribution in [0.3, 0.4) is 0 Å². The molecule has 0 aliphatic heterocycles. The molecule has 1 saturated carbocycles. The Bertz CT molecular complexity index is 1220. The van der Waals surface area contributed by atoms with Crippen LogP contribution in [0.4, 0.5) is 4.39 Å². The van der Waals surface area contributed by atoms with Gasteiger partial charge in [-0.05, 0) is 43.2 Å². The Balaban J connectivity index is 1.80. The first-order valence-corrected chi connectivity index (χ1v) is 11.0. The zero-order chi connectivity index (χ0) is 21.3. The molecule has 0 amide bonds. The topological polar surface area (TPSA) is 112 Å². The molecule has 2 aromatic carbocycles. The van der Waals surface area contributed by atoms with Gasteiger partial charge in [-0.15, -0.1) is 5.10 Å². The van der Waals surface area contributed by atoms with E-state index >= 15 is 0 Å². The fourth-order valence-electron chi connectivity index (χ4n) is 3.21. The van der Waals surface area contributed by atoms with E-state index in [0.29, 0.717) is 27.9 Å². The predicted octanol–water partition coefficient (Wildman–Crippen LogP) is 2.36. The van der Waals surface area contributed by atoms with Gasteiger partial charge in [-0.2, -0.15) is 0 Å². The van der Waals surface area contributed by atoms with Gasteiger partial charge in [0.1, 0.15) is 17.1 Å². The average molecular weight is 431 g/mol. The third-order valence-electron chi connectivity index (χ3n) is 4.86. The van der Waals surface area contributed by atoms with Gasteiger partial charge >= 0.3 is 0 Å². The second-order valence-electron chi connectivity index (χ2n) is 7.06. The smallest absolute Gasteiger partial charge is 0.240 e. The fraction of sp³-hybridized carbons (Fsp3) is 0.300. The van der Waals surface area contributed by atoms with Crippen LogP contribution in [0, 0.1) is 0 Å². The molecule has 158 valence electrons. The van der Waals surface area contributed by atoms with Gasteiger partial charge in [0.2, 0.25) is 10.0 Å². The quantitative estimate of drug-likeness (QED) is 0.566. The number of benzene rings is 2. The first kappa shape index (κ1) is 20.5. The number of ether oxygens (including phenoxy) is 1. The van der Waals surface area contributed by atoms with E-state index in [-0.39, 0.29) is 24.0 Å². The lowest BCUT2D eigenvalue weighted by Crippen LogP contribution is -2.25. The van der Waals surface area contributed by atoms with E-state index in [2.05, 4.69) is 15.0 Å². The number of hydrogen-bond acceptors (Lipinski definition) is 6. The Morgan fingerprint density at radius 3 is 2.83 bits per heavy atom. The Morgan fingerprint density at radius 1 is 1.33 bits per heavy atom. The lowest BCUT2D eigenvalue weighted by Gasteiger charge is -2.12. The molecule has 1 heterocycles. The van der Waals surface area contributed by atoms with Gasteiger partial charge in [0.05, 0.1) is 24.1 Å². The lowest BCUT2D eigenvalue weighted by molar-refractivity contribution is 0.416. The molecule has 3 aromatic rings. The number of nitrogens with two attached hydrogens (primary N) is 1. The first-order chi connectivity index (χ1) is 14.4. The van der Waals surface area contributed by atoms with Gasteiger partial charge in [0.25, 0.3) is 0 Å². The van der Waals surface area contributed by atoms with Crippen molar-refractivity contribution in [3.8, 4) is 16.9 Å². The fourth-order valence-corrected chi connectivity index (χ4v) is 4.55. The minimum absolute atomic E-state index is 0.000328. The molecule has 4 rings (SSSR count). The minimum atomic E-state index is -3.64. The molecule has 30 heavy (non-hydrogen) atoms. The molecule has 3 N–H and O–H groups in total. The number of rotatable bonds is 8. The normalized spacial score (nSPS) is 15.0. The summed E-state index contributed by atoms with van der Waals surface area (Å²) >= 11 is 0. The number of nitrogens with zero attached hydrogens (tertiary/aromatic N) is 3. The van der Waals surface area contributed by atoms with Crippen LogP contribution in [0.2, 0.25) is 0 Å². The largest absolute Gasteiger partial charge is 0.496 e. The summed E-state index contributed by atoms with van der Waals surface area (Å²) < 4.78 is 48.8. The highest BCUT2D eigenvalue weighted by molar-refractivity contribution is 7.89. The van der Waals surface area contributed by atoms with Gasteiger partial charge in [-0.3, -0.25) is 0 Å². The summed E-state index contributed by atoms with van der Waals surface area (Å²) in [6.07, 6.45) is 2.97. The zero-order valence-corrected chi connectivity index (χ0v) is 17.2. The Kier molecular flexibility index (Phi) is 5.54. The highest BCUT2D eigenvalue weighted by Gasteiger charge is 2.28. The van der Waals surface area contributed by atoms with Crippen LogP contribution in [0.5, 0.6) is 5.75 Å². The number of sulfonamides is 1. The average Bonchev–Trinajstić information content (AvgIpc) is 3.44. The third-order valence-corrected chi connectivity index (χ3v) is 6.37. The number of nitrogens with one attached hydrogen (secondary N) is 1. The lowest BCUT2D eigenvalue weighted by atomic mass is 10.0. The van der Waals surface area contributed by atoms with Gasteiger partial charge in [0, 0.05) is 23.7 Å². The molecular weight excluding hydrogens is 409 g/mol. The monoisotopic (exact) mass is 431 g/mol. The molecule has 0 saturated heterocycles. The number of allylic oxidation sites excluding steroid dienone is 1. The SMILES string of the molecule is COc1ccc(S(=O)(=O)NC2CC2)cc1-c1cccc2c1nnn2C/C(F)=C/CN. The number of hydrogen-bond donors (Lipinski definition) is 2. The molecule has 0 unspecified atom stereocenters. The molecule has 8 nitrogen and oxygen atoms in total. The van der Waals surface area contributed by atoms with Crippen molar-refractivity contribution in [1.82, 2.24) is 19.7 Å². The van der Waals surface area contributed by atoms with E-state index in [1.165, 1.54) is 23.9 Å². The van der Waals surface area contributed by atoms with Crippen LogP contribution < -0.4 is 15.2 Å². The number of aromatic nitrogens is 3. The van der Waals surface area contributed by atoms with E-state index in [9.17, 15) is 12.8 Å². The van der Waals surface area contributed by atoms with Crippen LogP contribution in [-0.4, -0.2) is 43.1 Å². The van der Waals surface area contributed by atoms with Gasteiger partial charge in [-0.1, -0.05) is 17.3 Å². The second-order valence-corrected chi connectivity index (χ2v) is 8.78. The Hall–Kier alpha value is -2.82. The molecule has 1 aliphatic rings. The highest BCUT2D eigenvalue weighted by atomic mass is 32.2. The Morgan fingerprint density at radius 2 is 2.13 bits per heavy atom. The zero-order valence-electron chi connectivity index (χ0n) is 16.4. The molecule has 0 atom stereocenters. The summed E-state index contributed by atoms with van der Waals surface area (Å²) in [5.74, 6) is 0.0863. The van der Waals surface area contributed by atoms with Gasteiger partial charge < -0.3 is 10.5 Å². The van der Waals surface area contributed by atoms with Crippen LogP contribution >= 0.6 is 0 Å². The van der Waals surface area contributed by atoms with Crippen LogP contribution in [0.1, 0.15) is 12.8 Å². The molecule has 0 bridgehead atoms. The predicted molar refractivity (Wildman–Crippen MR) is 111 cm³/mol. The van der Waals surface area contributed by atoms with E-state index < -0.39 is 15.9 Å². The minimum Gasteiger partial charge on any atom is -0.496 e. The van der Waals surface area contributed by atoms with E-state index in [4.69, 9.17) is 10.5 Å². The maximum Gasteiger partial charge on any atom is 0.240 e. The summed E-state index contributed by atoms with van der Waals surface area (Å²) in [6, 6.07) is 10.0. The molecule has 1 aromatic heterocycles. The maximum absolute atomic E-state index is 13.9. The van der Waals surface area contributed by atoms with Crippen molar-refractivity contribution in [1.29, 1.82) is 0 Å². The summed E-state index contributed by atoms with van der Waals surface area (Å²) in [4.78, 5) is 0.145. The molecule has 10 heteroatoms. The number of fused-ring (bicyclic) bond motifs is 1. The molecule has 0 spiro atoms. The summed E-state index contributed by atoms with van der Waals surface area (Å²) in [5.41, 5.74) is 7.68. The van der Waals surface area contributed by atoms with Crippen LogP contribution in [0.15, 0.2) is 53.2 Å². The van der Waals surface area contributed by atoms with Crippen molar-refractivity contribution in [3.05, 3.63) is 48.3 Å². The molecule has 0 radical (unpaired) electrons.